The van der Waals surface area contributed by atoms with Crippen LogP contribution in [0.25, 0.3) is 11.5 Å². The van der Waals surface area contributed by atoms with Crippen molar-refractivity contribution in [2.45, 2.75) is 27.2 Å². The summed E-state index contributed by atoms with van der Waals surface area (Å²) in [5, 5.41) is 0.636. The van der Waals surface area contributed by atoms with Crippen molar-refractivity contribution >= 4 is 17.6 Å². The summed E-state index contributed by atoms with van der Waals surface area (Å²) in [6.45, 7) is 5.85. The Morgan fingerprint density at radius 1 is 1.40 bits per heavy atom. The van der Waals surface area contributed by atoms with Crippen LogP contribution in [-0.2, 0) is 11.2 Å². The smallest absolute Gasteiger partial charge is 0.376 e. The zero-order valence-corrected chi connectivity index (χ0v) is 12.5. The first kappa shape index (κ1) is 14.6. The Morgan fingerprint density at radius 3 is 2.80 bits per heavy atom. The number of hydrogen-bond acceptors (Lipinski definition) is 4. The predicted molar refractivity (Wildman–Crippen MR) is 77.0 cm³/mol. The highest BCUT2D eigenvalue weighted by atomic mass is 35.5. The lowest BCUT2D eigenvalue weighted by Gasteiger charge is -2.02. The summed E-state index contributed by atoms with van der Waals surface area (Å²) >= 11 is 6.10. The van der Waals surface area contributed by atoms with Crippen molar-refractivity contribution in [1.29, 1.82) is 0 Å². The van der Waals surface area contributed by atoms with Gasteiger partial charge in [0.25, 0.3) is 0 Å². The van der Waals surface area contributed by atoms with Crippen molar-refractivity contribution in [2.75, 3.05) is 6.61 Å². The fourth-order valence-corrected chi connectivity index (χ4v) is 2.08. The van der Waals surface area contributed by atoms with Gasteiger partial charge in [-0.15, -0.1) is 0 Å². The lowest BCUT2D eigenvalue weighted by molar-refractivity contribution is 0.0489. The minimum Gasteiger partial charge on any atom is -0.460 e. The molecule has 0 unspecified atom stereocenters. The van der Waals surface area contributed by atoms with E-state index in [1.54, 1.807) is 13.0 Å². The number of carbonyl (C=O) groups excluding carboxylic acids is 1. The molecule has 0 radical (unpaired) electrons. The van der Waals surface area contributed by atoms with Crippen LogP contribution < -0.4 is 0 Å². The number of aromatic nitrogens is 1. The van der Waals surface area contributed by atoms with Crippen molar-refractivity contribution in [3.8, 4) is 11.5 Å². The first-order chi connectivity index (χ1) is 9.58. The molecule has 0 atom stereocenters. The van der Waals surface area contributed by atoms with Gasteiger partial charge < -0.3 is 9.15 Å². The molecule has 106 valence electrons. The van der Waals surface area contributed by atoms with E-state index >= 15 is 0 Å². The number of nitrogens with zero attached hydrogens (tertiary/aromatic N) is 1. The van der Waals surface area contributed by atoms with E-state index in [1.807, 2.05) is 26.0 Å². The first-order valence-electron chi connectivity index (χ1n) is 6.50. The Labute approximate surface area is 122 Å². The lowest BCUT2D eigenvalue weighted by Crippen LogP contribution is -2.05. The number of benzene rings is 1. The molecule has 2 aromatic rings. The van der Waals surface area contributed by atoms with Gasteiger partial charge in [0.15, 0.2) is 0 Å². The van der Waals surface area contributed by atoms with Crippen LogP contribution in [0.1, 0.15) is 35.7 Å². The summed E-state index contributed by atoms with van der Waals surface area (Å²) in [7, 11) is 0. The zero-order chi connectivity index (χ0) is 14.7. The fourth-order valence-electron chi connectivity index (χ4n) is 1.90. The number of halogens is 1. The standard InChI is InChI=1S/C15H16ClNO3/c1-4-12-13(15(18)19-5-2)20-14(17-12)10-7-6-8-11(16)9(10)3/h6-8H,4-5H2,1-3H3. The van der Waals surface area contributed by atoms with Gasteiger partial charge in [0, 0.05) is 10.6 Å². The second-order valence-corrected chi connectivity index (χ2v) is 4.69. The van der Waals surface area contributed by atoms with E-state index < -0.39 is 5.97 Å². The molecule has 0 aliphatic rings. The maximum atomic E-state index is 11.8. The van der Waals surface area contributed by atoms with Crippen LogP contribution in [-0.4, -0.2) is 17.6 Å². The molecule has 0 spiro atoms. The van der Waals surface area contributed by atoms with E-state index in [9.17, 15) is 4.79 Å². The monoisotopic (exact) mass is 293 g/mol. The molecule has 0 fully saturated rings. The van der Waals surface area contributed by atoms with E-state index in [2.05, 4.69) is 4.98 Å². The van der Waals surface area contributed by atoms with E-state index in [1.165, 1.54) is 0 Å². The van der Waals surface area contributed by atoms with E-state index in [4.69, 9.17) is 20.8 Å². The average molecular weight is 294 g/mol. The molecule has 0 aliphatic carbocycles. The second kappa shape index (κ2) is 6.09. The molecule has 2 rings (SSSR count). The molecule has 1 aromatic heterocycles. The number of aryl methyl sites for hydroxylation is 1. The summed E-state index contributed by atoms with van der Waals surface area (Å²) in [5.41, 5.74) is 2.24. The van der Waals surface area contributed by atoms with Crippen LogP contribution in [0.5, 0.6) is 0 Å². The quantitative estimate of drug-likeness (QED) is 0.798. The van der Waals surface area contributed by atoms with E-state index in [0.717, 1.165) is 11.1 Å². The van der Waals surface area contributed by atoms with Gasteiger partial charge in [-0.25, -0.2) is 9.78 Å². The van der Waals surface area contributed by atoms with Crippen molar-refractivity contribution in [2.24, 2.45) is 0 Å². The van der Waals surface area contributed by atoms with Gasteiger partial charge in [-0.3, -0.25) is 0 Å². The van der Waals surface area contributed by atoms with Gasteiger partial charge >= 0.3 is 5.97 Å². The molecular weight excluding hydrogens is 278 g/mol. The Morgan fingerprint density at radius 2 is 2.15 bits per heavy atom. The molecule has 5 heteroatoms. The van der Waals surface area contributed by atoms with Crippen LogP contribution in [0, 0.1) is 6.92 Å². The van der Waals surface area contributed by atoms with Crippen LogP contribution in [0.3, 0.4) is 0 Å². The maximum absolute atomic E-state index is 11.8. The summed E-state index contributed by atoms with van der Waals surface area (Å²) in [6.07, 6.45) is 0.595. The molecule has 1 heterocycles. The third-order valence-corrected chi connectivity index (χ3v) is 3.40. The number of rotatable bonds is 4. The number of carbonyl (C=O) groups is 1. The van der Waals surface area contributed by atoms with Gasteiger partial charge in [0.1, 0.15) is 0 Å². The number of ether oxygens (including phenoxy) is 1. The predicted octanol–water partition coefficient (Wildman–Crippen LogP) is 4.04. The minimum atomic E-state index is -0.484. The third-order valence-electron chi connectivity index (χ3n) is 2.99. The van der Waals surface area contributed by atoms with Crippen molar-refractivity contribution in [3.05, 3.63) is 40.2 Å². The molecule has 0 bridgehead atoms. The SMILES string of the molecule is CCOC(=O)c1oc(-c2cccc(Cl)c2C)nc1CC. The van der Waals surface area contributed by atoms with Crippen LogP contribution >= 0.6 is 11.6 Å². The molecule has 0 amide bonds. The van der Waals surface area contributed by atoms with Gasteiger partial charge in [-0.05, 0) is 38.0 Å². The van der Waals surface area contributed by atoms with Gasteiger partial charge in [0.05, 0.1) is 12.3 Å². The normalized spacial score (nSPS) is 10.6. The van der Waals surface area contributed by atoms with Gasteiger partial charge in [-0.1, -0.05) is 24.6 Å². The summed E-state index contributed by atoms with van der Waals surface area (Å²) in [5.74, 6) is 0.0800. The summed E-state index contributed by atoms with van der Waals surface area (Å²) in [6, 6.07) is 5.49. The van der Waals surface area contributed by atoms with Gasteiger partial charge in [-0.2, -0.15) is 0 Å². The van der Waals surface area contributed by atoms with Crippen LogP contribution in [0.2, 0.25) is 5.02 Å². The average Bonchev–Trinajstić information content (AvgIpc) is 2.86. The zero-order valence-electron chi connectivity index (χ0n) is 11.7. The molecule has 0 N–H and O–H groups in total. The van der Waals surface area contributed by atoms with E-state index in [-0.39, 0.29) is 5.76 Å². The molecule has 0 aliphatic heterocycles. The topological polar surface area (TPSA) is 52.3 Å². The summed E-state index contributed by atoms with van der Waals surface area (Å²) in [4.78, 5) is 16.2. The largest absolute Gasteiger partial charge is 0.460 e. The van der Waals surface area contributed by atoms with Crippen molar-refractivity contribution in [3.63, 3.8) is 0 Å². The van der Waals surface area contributed by atoms with Crippen LogP contribution in [0.4, 0.5) is 0 Å². The number of esters is 1. The number of oxazole rings is 1. The Bertz CT molecular complexity index is 634. The Hall–Kier alpha value is -1.81. The van der Waals surface area contributed by atoms with Crippen molar-refractivity contribution < 1.29 is 13.9 Å². The van der Waals surface area contributed by atoms with E-state index in [0.29, 0.717) is 29.6 Å². The molecule has 4 nitrogen and oxygen atoms in total. The minimum absolute atomic E-state index is 0.170. The fraction of sp³-hybridized carbons (Fsp3) is 0.333. The Kier molecular flexibility index (Phi) is 4.45. The molecular formula is C15H16ClNO3. The molecule has 0 saturated heterocycles. The highest BCUT2D eigenvalue weighted by Gasteiger charge is 2.22. The highest BCUT2D eigenvalue weighted by molar-refractivity contribution is 6.31. The van der Waals surface area contributed by atoms with Gasteiger partial charge in [0.2, 0.25) is 11.7 Å². The lowest BCUT2D eigenvalue weighted by atomic mass is 10.1. The van der Waals surface area contributed by atoms with Crippen LogP contribution in [0.15, 0.2) is 22.6 Å². The first-order valence-corrected chi connectivity index (χ1v) is 6.88. The third kappa shape index (κ3) is 2.70. The van der Waals surface area contributed by atoms with Crippen molar-refractivity contribution in [1.82, 2.24) is 4.98 Å². The molecule has 1 aromatic carbocycles. The number of hydrogen-bond donors (Lipinski definition) is 0. The summed E-state index contributed by atoms with van der Waals surface area (Å²) < 4.78 is 10.6. The molecule has 0 saturated carbocycles. The molecule has 20 heavy (non-hydrogen) atoms. The highest BCUT2D eigenvalue weighted by Crippen LogP contribution is 2.29. The maximum Gasteiger partial charge on any atom is 0.376 e. The Balaban J connectivity index is 2.49. The second-order valence-electron chi connectivity index (χ2n) is 4.28.